The quantitative estimate of drug-likeness (QED) is 0.850. The lowest BCUT2D eigenvalue weighted by atomic mass is 10.1. The first-order valence-electron chi connectivity index (χ1n) is 5.89. The molecule has 2 N–H and O–H groups in total. The number of amides is 1. The molecule has 0 aliphatic heterocycles. The van der Waals surface area contributed by atoms with Crippen molar-refractivity contribution >= 4 is 34.8 Å². The summed E-state index contributed by atoms with van der Waals surface area (Å²) in [5.74, 6) is -0.371. The SMILES string of the molecule is CC(O)c1ccccc1NC(=O)c1cc(Cl)nc(Cl)c1. The molecular formula is C14H12Cl2N2O2. The fraction of sp³-hybridized carbons (Fsp3) is 0.143. The summed E-state index contributed by atoms with van der Waals surface area (Å²) in [4.78, 5) is 15.9. The Kier molecular flexibility index (Phi) is 4.60. The van der Waals surface area contributed by atoms with Gasteiger partial charge in [-0.1, -0.05) is 41.4 Å². The van der Waals surface area contributed by atoms with Crippen LogP contribution in [0.15, 0.2) is 36.4 Å². The van der Waals surface area contributed by atoms with Gasteiger partial charge in [0.2, 0.25) is 0 Å². The van der Waals surface area contributed by atoms with Gasteiger partial charge < -0.3 is 10.4 Å². The van der Waals surface area contributed by atoms with Crippen LogP contribution in [0.4, 0.5) is 5.69 Å². The molecule has 0 aliphatic carbocycles. The van der Waals surface area contributed by atoms with Gasteiger partial charge in [-0.05, 0) is 25.1 Å². The molecule has 1 amide bonds. The molecule has 0 fully saturated rings. The predicted octanol–water partition coefficient (Wildman–Crippen LogP) is 3.69. The van der Waals surface area contributed by atoms with E-state index in [0.717, 1.165) is 0 Å². The van der Waals surface area contributed by atoms with Gasteiger partial charge in [0.25, 0.3) is 5.91 Å². The number of carbonyl (C=O) groups excluding carboxylic acids is 1. The second-order valence-corrected chi connectivity index (χ2v) is 4.99. The number of rotatable bonds is 3. The van der Waals surface area contributed by atoms with Gasteiger partial charge in [-0.3, -0.25) is 4.79 Å². The molecular weight excluding hydrogens is 299 g/mol. The first-order chi connectivity index (χ1) is 9.47. The van der Waals surface area contributed by atoms with Crippen LogP contribution in [-0.2, 0) is 0 Å². The first kappa shape index (κ1) is 14.8. The normalized spacial score (nSPS) is 12.0. The molecule has 104 valence electrons. The van der Waals surface area contributed by atoms with Gasteiger partial charge in [0, 0.05) is 16.8 Å². The summed E-state index contributed by atoms with van der Waals surface area (Å²) in [6.45, 7) is 1.63. The Balaban J connectivity index is 2.28. The maximum absolute atomic E-state index is 12.2. The molecule has 0 bridgehead atoms. The van der Waals surface area contributed by atoms with Crippen LogP contribution in [0.2, 0.25) is 10.3 Å². The number of aromatic nitrogens is 1. The summed E-state index contributed by atoms with van der Waals surface area (Å²) < 4.78 is 0. The summed E-state index contributed by atoms with van der Waals surface area (Å²) in [6.07, 6.45) is -0.684. The first-order valence-corrected chi connectivity index (χ1v) is 6.64. The Labute approximate surface area is 126 Å². The summed E-state index contributed by atoms with van der Waals surface area (Å²) in [7, 11) is 0. The van der Waals surface area contributed by atoms with Crippen molar-refractivity contribution in [3.05, 3.63) is 57.8 Å². The van der Waals surface area contributed by atoms with Crippen molar-refractivity contribution in [2.45, 2.75) is 13.0 Å². The zero-order valence-corrected chi connectivity index (χ0v) is 12.1. The second kappa shape index (κ2) is 6.22. The minimum absolute atomic E-state index is 0.145. The highest BCUT2D eigenvalue weighted by molar-refractivity contribution is 6.33. The van der Waals surface area contributed by atoms with Crippen LogP contribution in [0.5, 0.6) is 0 Å². The van der Waals surface area contributed by atoms with Gasteiger partial charge in [-0.15, -0.1) is 0 Å². The molecule has 1 aromatic heterocycles. The lowest BCUT2D eigenvalue weighted by molar-refractivity contribution is 0.102. The van der Waals surface area contributed by atoms with Crippen LogP contribution in [0.25, 0.3) is 0 Å². The number of benzene rings is 1. The van der Waals surface area contributed by atoms with Gasteiger partial charge in [0.05, 0.1) is 6.10 Å². The monoisotopic (exact) mass is 310 g/mol. The average molecular weight is 311 g/mol. The molecule has 0 saturated heterocycles. The molecule has 6 heteroatoms. The summed E-state index contributed by atoms with van der Waals surface area (Å²) >= 11 is 11.5. The van der Waals surface area contributed by atoms with Gasteiger partial charge in [0.1, 0.15) is 10.3 Å². The molecule has 20 heavy (non-hydrogen) atoms. The highest BCUT2D eigenvalue weighted by atomic mass is 35.5. The molecule has 0 saturated carbocycles. The number of hydrogen-bond donors (Lipinski definition) is 2. The smallest absolute Gasteiger partial charge is 0.255 e. The molecule has 0 radical (unpaired) electrons. The number of aliphatic hydroxyl groups is 1. The summed E-state index contributed by atoms with van der Waals surface area (Å²) in [5, 5.41) is 12.7. The molecule has 2 aromatic rings. The van der Waals surface area contributed by atoms with E-state index in [-0.39, 0.29) is 16.2 Å². The third-order valence-corrected chi connectivity index (χ3v) is 3.07. The van der Waals surface area contributed by atoms with Crippen molar-refractivity contribution in [3.8, 4) is 0 Å². The van der Waals surface area contributed by atoms with Crippen molar-refractivity contribution in [3.63, 3.8) is 0 Å². The minimum Gasteiger partial charge on any atom is -0.389 e. The van der Waals surface area contributed by atoms with E-state index in [9.17, 15) is 9.90 Å². The highest BCUT2D eigenvalue weighted by Crippen LogP contribution is 2.23. The fourth-order valence-corrected chi connectivity index (χ4v) is 2.23. The number of carbonyl (C=O) groups is 1. The van der Waals surface area contributed by atoms with E-state index in [2.05, 4.69) is 10.3 Å². The number of pyridine rings is 1. The van der Waals surface area contributed by atoms with Crippen molar-refractivity contribution in [1.29, 1.82) is 0 Å². The molecule has 0 spiro atoms. The van der Waals surface area contributed by atoms with E-state index in [1.54, 1.807) is 31.2 Å². The number of nitrogens with zero attached hydrogens (tertiary/aromatic N) is 1. The molecule has 4 nitrogen and oxygen atoms in total. The Morgan fingerprint density at radius 1 is 1.25 bits per heavy atom. The fourth-order valence-electron chi connectivity index (χ4n) is 1.77. The minimum atomic E-state index is -0.684. The number of para-hydroxylation sites is 1. The van der Waals surface area contributed by atoms with E-state index >= 15 is 0 Å². The number of anilines is 1. The van der Waals surface area contributed by atoms with E-state index in [1.165, 1.54) is 12.1 Å². The Morgan fingerprint density at radius 3 is 2.45 bits per heavy atom. The van der Waals surface area contributed by atoms with Gasteiger partial charge >= 0.3 is 0 Å². The predicted molar refractivity (Wildman–Crippen MR) is 79.3 cm³/mol. The van der Waals surface area contributed by atoms with Gasteiger partial charge in [0.15, 0.2) is 0 Å². The van der Waals surface area contributed by atoms with E-state index in [0.29, 0.717) is 16.8 Å². The molecule has 1 unspecified atom stereocenters. The Bertz CT molecular complexity index is 625. The number of halogens is 2. The standard InChI is InChI=1S/C14H12Cl2N2O2/c1-8(19)10-4-2-3-5-11(10)17-14(20)9-6-12(15)18-13(16)7-9/h2-8,19H,1H3,(H,17,20). The molecule has 0 aliphatic rings. The maximum Gasteiger partial charge on any atom is 0.255 e. The lowest BCUT2D eigenvalue weighted by Crippen LogP contribution is -2.14. The molecule has 1 atom stereocenters. The number of nitrogens with one attached hydrogen (secondary N) is 1. The third kappa shape index (κ3) is 3.48. The molecule has 2 rings (SSSR count). The summed E-state index contributed by atoms with van der Waals surface area (Å²) in [6, 6.07) is 9.87. The van der Waals surface area contributed by atoms with Crippen molar-refractivity contribution in [2.75, 3.05) is 5.32 Å². The lowest BCUT2D eigenvalue weighted by Gasteiger charge is -2.13. The zero-order valence-electron chi connectivity index (χ0n) is 10.6. The van der Waals surface area contributed by atoms with Crippen molar-refractivity contribution in [1.82, 2.24) is 4.98 Å². The van der Waals surface area contributed by atoms with Crippen LogP contribution < -0.4 is 5.32 Å². The van der Waals surface area contributed by atoms with Crippen molar-refractivity contribution < 1.29 is 9.90 Å². The van der Waals surface area contributed by atoms with E-state index in [1.807, 2.05) is 0 Å². The van der Waals surface area contributed by atoms with Crippen LogP contribution in [0.1, 0.15) is 28.9 Å². The van der Waals surface area contributed by atoms with Crippen LogP contribution in [0.3, 0.4) is 0 Å². The van der Waals surface area contributed by atoms with Crippen LogP contribution >= 0.6 is 23.2 Å². The number of aliphatic hydroxyl groups excluding tert-OH is 1. The Morgan fingerprint density at radius 2 is 1.85 bits per heavy atom. The molecule has 1 heterocycles. The van der Waals surface area contributed by atoms with E-state index < -0.39 is 6.10 Å². The summed E-state index contributed by atoms with van der Waals surface area (Å²) in [5.41, 5.74) is 1.47. The zero-order chi connectivity index (χ0) is 14.7. The van der Waals surface area contributed by atoms with Gasteiger partial charge in [-0.25, -0.2) is 4.98 Å². The van der Waals surface area contributed by atoms with Crippen molar-refractivity contribution in [2.24, 2.45) is 0 Å². The largest absolute Gasteiger partial charge is 0.389 e. The topological polar surface area (TPSA) is 62.2 Å². The van der Waals surface area contributed by atoms with E-state index in [4.69, 9.17) is 23.2 Å². The van der Waals surface area contributed by atoms with Crippen LogP contribution in [-0.4, -0.2) is 16.0 Å². The number of hydrogen-bond acceptors (Lipinski definition) is 3. The maximum atomic E-state index is 12.2. The Hall–Kier alpha value is -1.62. The molecule has 1 aromatic carbocycles. The third-order valence-electron chi connectivity index (χ3n) is 2.68. The van der Waals surface area contributed by atoms with Gasteiger partial charge in [-0.2, -0.15) is 0 Å². The average Bonchev–Trinajstić information content (AvgIpc) is 2.37. The van der Waals surface area contributed by atoms with Crippen LogP contribution in [0, 0.1) is 0 Å². The second-order valence-electron chi connectivity index (χ2n) is 4.22. The highest BCUT2D eigenvalue weighted by Gasteiger charge is 2.13.